The van der Waals surface area contributed by atoms with Crippen molar-refractivity contribution in [1.82, 2.24) is 10.2 Å². The second kappa shape index (κ2) is 7.67. The van der Waals surface area contributed by atoms with Gasteiger partial charge in [-0.2, -0.15) is 0 Å². The summed E-state index contributed by atoms with van der Waals surface area (Å²) in [5, 5.41) is 3.37. The van der Waals surface area contributed by atoms with E-state index in [2.05, 4.69) is 24.1 Å². The summed E-state index contributed by atoms with van der Waals surface area (Å²) in [6.45, 7) is 10.5. The van der Waals surface area contributed by atoms with Crippen LogP contribution in [-0.2, 0) is 9.53 Å². The quantitative estimate of drug-likeness (QED) is 0.737. The standard InChI is InChI=1S/C13H26N2O2/c1-4-11(3)12(13(16)17-5-2)15-9-6-7-14-8-10-15/h11-12,14H,4-10H2,1-3H3. The van der Waals surface area contributed by atoms with Gasteiger partial charge in [0.2, 0.25) is 0 Å². The summed E-state index contributed by atoms with van der Waals surface area (Å²) in [6, 6.07) is -0.0696. The molecule has 1 saturated heterocycles. The molecule has 2 atom stereocenters. The van der Waals surface area contributed by atoms with E-state index in [1.165, 1.54) is 0 Å². The van der Waals surface area contributed by atoms with Gasteiger partial charge in [0.1, 0.15) is 6.04 Å². The Kier molecular flexibility index (Phi) is 6.52. The van der Waals surface area contributed by atoms with E-state index in [1.54, 1.807) is 0 Å². The first kappa shape index (κ1) is 14.5. The summed E-state index contributed by atoms with van der Waals surface area (Å²) < 4.78 is 5.22. The van der Waals surface area contributed by atoms with Gasteiger partial charge < -0.3 is 10.1 Å². The lowest BCUT2D eigenvalue weighted by atomic mass is 9.97. The number of nitrogens with zero attached hydrogens (tertiary/aromatic N) is 1. The molecule has 17 heavy (non-hydrogen) atoms. The first-order valence-electron chi connectivity index (χ1n) is 6.82. The minimum absolute atomic E-state index is 0.0521. The fourth-order valence-electron chi connectivity index (χ4n) is 2.34. The van der Waals surface area contributed by atoms with E-state index < -0.39 is 0 Å². The Balaban J connectivity index is 2.69. The van der Waals surface area contributed by atoms with Crippen LogP contribution in [0.5, 0.6) is 0 Å². The Morgan fingerprint density at radius 1 is 1.35 bits per heavy atom. The zero-order chi connectivity index (χ0) is 12.7. The van der Waals surface area contributed by atoms with Gasteiger partial charge in [-0.25, -0.2) is 0 Å². The molecule has 0 bridgehead atoms. The summed E-state index contributed by atoms with van der Waals surface area (Å²) in [6.07, 6.45) is 2.11. The number of carbonyl (C=O) groups is 1. The lowest BCUT2D eigenvalue weighted by Crippen LogP contribution is -2.47. The number of ether oxygens (including phenoxy) is 1. The first-order chi connectivity index (χ1) is 8.20. The third kappa shape index (κ3) is 4.28. The lowest BCUT2D eigenvalue weighted by molar-refractivity contribution is -0.151. The number of esters is 1. The van der Waals surface area contributed by atoms with E-state index in [-0.39, 0.29) is 12.0 Å². The van der Waals surface area contributed by atoms with Crippen molar-refractivity contribution < 1.29 is 9.53 Å². The average molecular weight is 242 g/mol. The molecule has 2 unspecified atom stereocenters. The van der Waals surface area contributed by atoms with Crippen molar-refractivity contribution >= 4 is 5.97 Å². The molecule has 0 spiro atoms. The van der Waals surface area contributed by atoms with Crippen molar-refractivity contribution in [2.45, 2.75) is 39.7 Å². The average Bonchev–Trinajstić information content (AvgIpc) is 2.58. The van der Waals surface area contributed by atoms with Crippen LogP contribution < -0.4 is 5.32 Å². The van der Waals surface area contributed by atoms with Gasteiger partial charge in [-0.3, -0.25) is 9.69 Å². The van der Waals surface area contributed by atoms with Crippen LogP contribution in [0.15, 0.2) is 0 Å². The van der Waals surface area contributed by atoms with Crippen LogP contribution >= 0.6 is 0 Å². The Bertz CT molecular complexity index is 225. The Hall–Kier alpha value is -0.610. The van der Waals surface area contributed by atoms with E-state index in [4.69, 9.17) is 4.74 Å². The van der Waals surface area contributed by atoms with E-state index >= 15 is 0 Å². The summed E-state index contributed by atoms with van der Waals surface area (Å²) in [4.78, 5) is 14.4. The van der Waals surface area contributed by atoms with E-state index in [0.29, 0.717) is 12.5 Å². The van der Waals surface area contributed by atoms with Crippen LogP contribution in [0.4, 0.5) is 0 Å². The molecule has 1 N–H and O–H groups in total. The first-order valence-corrected chi connectivity index (χ1v) is 6.82. The van der Waals surface area contributed by atoms with Crippen LogP contribution in [0, 0.1) is 5.92 Å². The third-order valence-electron chi connectivity index (χ3n) is 3.48. The fraction of sp³-hybridized carbons (Fsp3) is 0.923. The minimum atomic E-state index is -0.0696. The monoisotopic (exact) mass is 242 g/mol. The van der Waals surface area contributed by atoms with Crippen LogP contribution in [-0.4, -0.2) is 49.7 Å². The largest absolute Gasteiger partial charge is 0.465 e. The van der Waals surface area contributed by atoms with Gasteiger partial charge in [0, 0.05) is 19.6 Å². The molecule has 0 radical (unpaired) electrons. The van der Waals surface area contributed by atoms with Crippen LogP contribution in [0.3, 0.4) is 0 Å². The molecule has 1 rings (SSSR count). The minimum Gasteiger partial charge on any atom is -0.465 e. The molecular weight excluding hydrogens is 216 g/mol. The molecule has 0 saturated carbocycles. The molecule has 1 heterocycles. The third-order valence-corrected chi connectivity index (χ3v) is 3.48. The van der Waals surface area contributed by atoms with E-state index in [9.17, 15) is 4.79 Å². The van der Waals surface area contributed by atoms with Gasteiger partial charge >= 0.3 is 5.97 Å². The highest BCUT2D eigenvalue weighted by Crippen LogP contribution is 2.17. The maximum absolute atomic E-state index is 12.1. The maximum Gasteiger partial charge on any atom is 0.323 e. The second-order valence-electron chi connectivity index (χ2n) is 4.72. The molecule has 1 aliphatic heterocycles. The summed E-state index contributed by atoms with van der Waals surface area (Å²) in [7, 11) is 0. The fourth-order valence-corrected chi connectivity index (χ4v) is 2.34. The van der Waals surface area contributed by atoms with Crippen molar-refractivity contribution in [3.8, 4) is 0 Å². The molecule has 100 valence electrons. The topological polar surface area (TPSA) is 41.6 Å². The molecular formula is C13H26N2O2. The Morgan fingerprint density at radius 2 is 2.12 bits per heavy atom. The number of hydrogen-bond acceptors (Lipinski definition) is 4. The van der Waals surface area contributed by atoms with Crippen LogP contribution in [0.25, 0.3) is 0 Å². The SMILES string of the molecule is CCOC(=O)C(C(C)CC)N1CCCNCC1. The maximum atomic E-state index is 12.1. The second-order valence-corrected chi connectivity index (χ2v) is 4.72. The number of nitrogens with one attached hydrogen (secondary N) is 1. The van der Waals surface area contributed by atoms with Crippen LogP contribution in [0.2, 0.25) is 0 Å². The highest BCUT2D eigenvalue weighted by atomic mass is 16.5. The molecule has 1 aliphatic rings. The number of hydrogen-bond donors (Lipinski definition) is 1. The van der Waals surface area contributed by atoms with Gasteiger partial charge in [0.15, 0.2) is 0 Å². The smallest absolute Gasteiger partial charge is 0.323 e. The molecule has 1 fully saturated rings. The van der Waals surface area contributed by atoms with Crippen molar-refractivity contribution in [2.75, 3.05) is 32.8 Å². The highest BCUT2D eigenvalue weighted by molar-refractivity contribution is 5.76. The normalized spacial score (nSPS) is 21.6. The summed E-state index contributed by atoms with van der Waals surface area (Å²) in [5.74, 6) is 0.302. The van der Waals surface area contributed by atoms with Gasteiger partial charge in [0.05, 0.1) is 6.61 Å². The summed E-state index contributed by atoms with van der Waals surface area (Å²) >= 11 is 0. The molecule has 0 amide bonds. The van der Waals surface area contributed by atoms with Gasteiger partial charge in [-0.15, -0.1) is 0 Å². The lowest BCUT2D eigenvalue weighted by Gasteiger charge is -2.32. The van der Waals surface area contributed by atoms with Crippen molar-refractivity contribution in [1.29, 1.82) is 0 Å². The Morgan fingerprint density at radius 3 is 2.76 bits per heavy atom. The summed E-state index contributed by atoms with van der Waals surface area (Å²) in [5.41, 5.74) is 0. The van der Waals surface area contributed by atoms with Crippen molar-refractivity contribution in [2.24, 2.45) is 5.92 Å². The highest BCUT2D eigenvalue weighted by Gasteiger charge is 2.31. The van der Waals surface area contributed by atoms with E-state index in [0.717, 1.165) is 39.0 Å². The predicted octanol–water partition coefficient (Wildman–Crippen LogP) is 1.26. The number of carbonyl (C=O) groups excluding carboxylic acids is 1. The van der Waals surface area contributed by atoms with Gasteiger partial charge in [0.25, 0.3) is 0 Å². The molecule has 0 aromatic rings. The molecule has 4 heteroatoms. The molecule has 0 aromatic carbocycles. The molecule has 4 nitrogen and oxygen atoms in total. The zero-order valence-electron chi connectivity index (χ0n) is 11.4. The van der Waals surface area contributed by atoms with Gasteiger partial charge in [-0.05, 0) is 25.8 Å². The van der Waals surface area contributed by atoms with Crippen molar-refractivity contribution in [3.63, 3.8) is 0 Å². The zero-order valence-corrected chi connectivity index (χ0v) is 11.4. The Labute approximate surface area is 105 Å². The van der Waals surface area contributed by atoms with Gasteiger partial charge in [-0.1, -0.05) is 20.3 Å². The number of rotatable bonds is 5. The molecule has 0 aromatic heterocycles. The van der Waals surface area contributed by atoms with Crippen LogP contribution in [0.1, 0.15) is 33.6 Å². The van der Waals surface area contributed by atoms with E-state index in [1.807, 2.05) is 6.92 Å². The molecule has 0 aliphatic carbocycles. The van der Waals surface area contributed by atoms with Crippen molar-refractivity contribution in [3.05, 3.63) is 0 Å². The predicted molar refractivity (Wildman–Crippen MR) is 68.9 cm³/mol.